The topological polar surface area (TPSA) is 79.5 Å². The van der Waals surface area contributed by atoms with Crippen LogP contribution >= 0.6 is 0 Å². The predicted molar refractivity (Wildman–Crippen MR) is 120 cm³/mol. The number of rotatable bonds is 7. The highest BCUT2D eigenvalue weighted by Gasteiger charge is 2.16. The van der Waals surface area contributed by atoms with E-state index in [9.17, 15) is 18.4 Å². The third kappa shape index (κ3) is 5.60. The highest BCUT2D eigenvalue weighted by Crippen LogP contribution is 2.29. The number of anilines is 3. The molecular formula is C24H23F2N3O3. The van der Waals surface area contributed by atoms with Gasteiger partial charge in [0.1, 0.15) is 23.4 Å². The number of ether oxygens (including phenoxy) is 1. The van der Waals surface area contributed by atoms with Crippen LogP contribution in [0, 0.1) is 18.6 Å². The van der Waals surface area contributed by atoms with E-state index < -0.39 is 23.6 Å². The molecule has 0 saturated heterocycles. The maximum atomic E-state index is 13.7. The van der Waals surface area contributed by atoms with E-state index in [1.54, 1.807) is 44.2 Å². The molecule has 0 aliphatic heterocycles. The normalized spacial score (nSPS) is 11.4. The van der Waals surface area contributed by atoms with Crippen LogP contribution in [-0.2, 0) is 4.79 Å². The van der Waals surface area contributed by atoms with Gasteiger partial charge in [0.2, 0.25) is 5.91 Å². The Bertz CT molecular complexity index is 1150. The van der Waals surface area contributed by atoms with Gasteiger partial charge >= 0.3 is 0 Å². The van der Waals surface area contributed by atoms with Gasteiger partial charge in [-0.2, -0.15) is 0 Å². The molecule has 0 aromatic heterocycles. The predicted octanol–water partition coefficient (Wildman–Crippen LogP) is 4.97. The smallest absolute Gasteiger partial charge is 0.255 e. The van der Waals surface area contributed by atoms with Crippen LogP contribution in [0.4, 0.5) is 25.8 Å². The van der Waals surface area contributed by atoms with E-state index >= 15 is 0 Å². The Morgan fingerprint density at radius 1 is 0.938 bits per heavy atom. The van der Waals surface area contributed by atoms with Gasteiger partial charge in [0.15, 0.2) is 0 Å². The molecule has 2 amide bonds. The first-order valence-electron chi connectivity index (χ1n) is 9.85. The van der Waals surface area contributed by atoms with E-state index in [0.717, 1.165) is 6.07 Å². The van der Waals surface area contributed by atoms with Crippen molar-refractivity contribution in [3.8, 4) is 5.75 Å². The first-order chi connectivity index (χ1) is 15.3. The Morgan fingerprint density at radius 3 is 2.38 bits per heavy atom. The van der Waals surface area contributed by atoms with Crippen LogP contribution in [-0.4, -0.2) is 25.0 Å². The maximum Gasteiger partial charge on any atom is 0.255 e. The zero-order valence-corrected chi connectivity index (χ0v) is 17.8. The summed E-state index contributed by atoms with van der Waals surface area (Å²) >= 11 is 0. The fourth-order valence-corrected chi connectivity index (χ4v) is 2.96. The summed E-state index contributed by atoms with van der Waals surface area (Å²) in [5.41, 5.74) is 1.88. The zero-order valence-electron chi connectivity index (χ0n) is 17.8. The molecule has 166 valence electrons. The van der Waals surface area contributed by atoms with Crippen molar-refractivity contribution in [3.05, 3.63) is 83.4 Å². The second kappa shape index (κ2) is 9.91. The van der Waals surface area contributed by atoms with E-state index in [0.29, 0.717) is 28.4 Å². The summed E-state index contributed by atoms with van der Waals surface area (Å²) in [7, 11) is 1.46. The molecule has 3 aromatic carbocycles. The number of halogens is 2. The summed E-state index contributed by atoms with van der Waals surface area (Å²) in [4.78, 5) is 25.0. The molecule has 0 spiro atoms. The molecule has 0 radical (unpaired) electrons. The first kappa shape index (κ1) is 22.7. The number of carbonyl (C=O) groups excluding carboxylic acids is 2. The minimum Gasteiger partial charge on any atom is -0.495 e. The molecule has 0 bridgehead atoms. The maximum absolute atomic E-state index is 13.7. The fraction of sp³-hybridized carbons (Fsp3) is 0.167. The molecule has 0 fully saturated rings. The molecule has 3 N–H and O–H groups in total. The average molecular weight is 439 g/mol. The van der Waals surface area contributed by atoms with Gasteiger partial charge in [-0.25, -0.2) is 8.78 Å². The van der Waals surface area contributed by atoms with Gasteiger partial charge in [0.25, 0.3) is 5.91 Å². The summed E-state index contributed by atoms with van der Waals surface area (Å²) in [6, 6.07) is 14.0. The van der Waals surface area contributed by atoms with Gasteiger partial charge in [-0.3, -0.25) is 9.59 Å². The molecule has 0 heterocycles. The largest absolute Gasteiger partial charge is 0.495 e. The van der Waals surface area contributed by atoms with E-state index in [4.69, 9.17) is 4.74 Å². The van der Waals surface area contributed by atoms with Crippen LogP contribution in [0.1, 0.15) is 22.8 Å². The van der Waals surface area contributed by atoms with E-state index in [2.05, 4.69) is 16.0 Å². The Balaban J connectivity index is 1.71. The number of hydrogen-bond donors (Lipinski definition) is 3. The van der Waals surface area contributed by atoms with Crippen molar-refractivity contribution < 1.29 is 23.1 Å². The fourth-order valence-electron chi connectivity index (χ4n) is 2.96. The van der Waals surface area contributed by atoms with Gasteiger partial charge in [0.05, 0.1) is 12.8 Å². The minimum absolute atomic E-state index is 0.156. The second-order valence-corrected chi connectivity index (χ2v) is 7.20. The van der Waals surface area contributed by atoms with Crippen molar-refractivity contribution in [1.29, 1.82) is 0 Å². The highest BCUT2D eigenvalue weighted by molar-refractivity contribution is 6.05. The van der Waals surface area contributed by atoms with Crippen molar-refractivity contribution >= 4 is 28.9 Å². The van der Waals surface area contributed by atoms with E-state index in [-0.39, 0.29) is 11.5 Å². The van der Waals surface area contributed by atoms with Crippen molar-refractivity contribution in [2.45, 2.75) is 19.9 Å². The lowest BCUT2D eigenvalue weighted by Gasteiger charge is -2.17. The van der Waals surface area contributed by atoms with Gasteiger partial charge in [-0.15, -0.1) is 0 Å². The standard InChI is InChI=1S/C24H23F2N3O3/c1-14-7-8-18(12-20(14)26)28-23(30)15(2)27-19-9-10-22(32-3)21(13-19)29-24(31)16-5-4-6-17(25)11-16/h4-13,15,27H,1-3H3,(H,28,30)(H,29,31). The molecule has 1 unspecified atom stereocenters. The molecule has 0 aliphatic rings. The first-order valence-corrected chi connectivity index (χ1v) is 9.85. The number of nitrogens with one attached hydrogen (secondary N) is 3. The van der Waals surface area contributed by atoms with Crippen molar-refractivity contribution in [3.63, 3.8) is 0 Å². The van der Waals surface area contributed by atoms with Crippen LogP contribution in [0.3, 0.4) is 0 Å². The van der Waals surface area contributed by atoms with Gasteiger partial charge in [-0.05, 0) is 67.9 Å². The average Bonchev–Trinajstić information content (AvgIpc) is 2.76. The lowest BCUT2D eigenvalue weighted by atomic mass is 10.2. The number of aryl methyl sites for hydroxylation is 1. The zero-order chi connectivity index (χ0) is 23.3. The molecule has 8 heteroatoms. The molecule has 3 aromatic rings. The quantitative estimate of drug-likeness (QED) is 0.486. The van der Waals surface area contributed by atoms with Crippen LogP contribution < -0.4 is 20.7 Å². The van der Waals surface area contributed by atoms with E-state index in [1.807, 2.05) is 0 Å². The van der Waals surface area contributed by atoms with Crippen molar-refractivity contribution in [1.82, 2.24) is 0 Å². The number of methoxy groups -OCH3 is 1. The Labute approximate surface area is 184 Å². The molecule has 3 rings (SSSR count). The van der Waals surface area contributed by atoms with Gasteiger partial charge in [-0.1, -0.05) is 12.1 Å². The summed E-state index contributed by atoms with van der Waals surface area (Å²) in [6.07, 6.45) is 0. The SMILES string of the molecule is COc1ccc(NC(C)C(=O)Nc2ccc(C)c(F)c2)cc1NC(=O)c1cccc(F)c1. The van der Waals surface area contributed by atoms with Crippen molar-refractivity contribution in [2.24, 2.45) is 0 Å². The third-order valence-electron chi connectivity index (χ3n) is 4.75. The van der Waals surface area contributed by atoms with Crippen LogP contribution in [0.15, 0.2) is 60.7 Å². The summed E-state index contributed by atoms with van der Waals surface area (Å²) in [5.74, 6) is -1.40. The number of amides is 2. The molecule has 6 nitrogen and oxygen atoms in total. The van der Waals surface area contributed by atoms with Crippen LogP contribution in [0.2, 0.25) is 0 Å². The van der Waals surface area contributed by atoms with Crippen LogP contribution in [0.25, 0.3) is 0 Å². The number of benzene rings is 3. The second-order valence-electron chi connectivity index (χ2n) is 7.20. The summed E-state index contributed by atoms with van der Waals surface area (Å²) < 4.78 is 32.4. The summed E-state index contributed by atoms with van der Waals surface area (Å²) in [5, 5.41) is 8.37. The van der Waals surface area contributed by atoms with Crippen LogP contribution in [0.5, 0.6) is 5.75 Å². The van der Waals surface area contributed by atoms with Gasteiger partial charge in [0, 0.05) is 16.9 Å². The molecule has 32 heavy (non-hydrogen) atoms. The van der Waals surface area contributed by atoms with E-state index in [1.165, 1.54) is 31.4 Å². The lowest BCUT2D eigenvalue weighted by Crippen LogP contribution is -2.32. The van der Waals surface area contributed by atoms with Gasteiger partial charge < -0.3 is 20.7 Å². The monoisotopic (exact) mass is 439 g/mol. The molecular weight excluding hydrogens is 416 g/mol. The third-order valence-corrected chi connectivity index (χ3v) is 4.75. The Kier molecular flexibility index (Phi) is 7.04. The lowest BCUT2D eigenvalue weighted by molar-refractivity contribution is -0.116. The Morgan fingerprint density at radius 2 is 1.69 bits per heavy atom. The molecule has 0 saturated carbocycles. The highest BCUT2D eigenvalue weighted by atomic mass is 19.1. The Hall–Kier alpha value is -3.94. The summed E-state index contributed by atoms with van der Waals surface area (Å²) in [6.45, 7) is 3.29. The molecule has 0 aliphatic carbocycles. The number of carbonyl (C=O) groups is 2. The minimum atomic E-state index is -0.667. The van der Waals surface area contributed by atoms with Crippen molar-refractivity contribution in [2.75, 3.05) is 23.1 Å². The molecule has 1 atom stereocenters. The number of hydrogen-bond acceptors (Lipinski definition) is 4.